The van der Waals surface area contributed by atoms with Crippen molar-refractivity contribution in [1.29, 1.82) is 0 Å². The number of hydrogen-bond acceptors (Lipinski definition) is 8. The van der Waals surface area contributed by atoms with Gasteiger partial charge in [-0.1, -0.05) is 0 Å². The van der Waals surface area contributed by atoms with Crippen molar-refractivity contribution in [3.63, 3.8) is 0 Å². The highest BCUT2D eigenvalue weighted by atomic mass is 32.2. The van der Waals surface area contributed by atoms with Crippen LogP contribution in [-0.2, 0) is 14.6 Å². The summed E-state index contributed by atoms with van der Waals surface area (Å²) in [5, 5.41) is 9.46. The zero-order chi connectivity index (χ0) is 13.8. The highest BCUT2D eigenvalue weighted by molar-refractivity contribution is 7.91. The number of anilines is 2. The van der Waals surface area contributed by atoms with Crippen molar-refractivity contribution < 1.29 is 18.3 Å². The Bertz CT molecular complexity index is 486. The lowest BCUT2D eigenvalue weighted by Crippen LogP contribution is -2.30. The maximum atomic E-state index is 11.7. The number of sulfone groups is 1. The Morgan fingerprint density at radius 1 is 1.50 bits per heavy atom. The van der Waals surface area contributed by atoms with Crippen molar-refractivity contribution in [1.82, 2.24) is 4.37 Å². The molecule has 0 aliphatic rings. The number of aliphatic hydroxyl groups excluding tert-OH is 1. The van der Waals surface area contributed by atoms with E-state index < -0.39 is 9.84 Å². The van der Waals surface area contributed by atoms with E-state index in [0.717, 1.165) is 17.8 Å². The van der Waals surface area contributed by atoms with Gasteiger partial charge in [-0.25, -0.2) is 8.42 Å². The highest BCUT2D eigenvalue weighted by Crippen LogP contribution is 2.34. The van der Waals surface area contributed by atoms with Crippen LogP contribution in [0.15, 0.2) is 4.90 Å². The standard InChI is InChI=1S/C9H17N3O4S2/c1-16-6-4-12(3-5-13)9-7(18(2,14)15)8(10)11-17-9/h13H,3-6H2,1-2H3,(H2,10,11). The molecule has 0 fully saturated rings. The number of aromatic nitrogens is 1. The Labute approximate surface area is 110 Å². The monoisotopic (exact) mass is 295 g/mol. The summed E-state index contributed by atoms with van der Waals surface area (Å²) in [6.45, 7) is 1.08. The molecule has 3 N–H and O–H groups in total. The Kier molecular flexibility index (Phi) is 5.32. The molecule has 0 aliphatic carbocycles. The van der Waals surface area contributed by atoms with Crippen molar-refractivity contribution in [2.75, 3.05) is 50.3 Å². The van der Waals surface area contributed by atoms with Gasteiger partial charge in [-0.3, -0.25) is 0 Å². The summed E-state index contributed by atoms with van der Waals surface area (Å²) in [4.78, 5) is 1.73. The number of rotatable bonds is 7. The third-order valence-electron chi connectivity index (χ3n) is 2.25. The molecule has 18 heavy (non-hydrogen) atoms. The summed E-state index contributed by atoms with van der Waals surface area (Å²) in [5.74, 6) is -0.00198. The minimum atomic E-state index is -3.45. The number of nitrogen functional groups attached to an aromatic ring is 1. The minimum Gasteiger partial charge on any atom is -0.395 e. The Morgan fingerprint density at radius 2 is 2.17 bits per heavy atom. The number of hydrogen-bond donors (Lipinski definition) is 2. The Balaban J connectivity index is 3.12. The van der Waals surface area contributed by atoms with Gasteiger partial charge < -0.3 is 20.5 Å². The average Bonchev–Trinajstić information content (AvgIpc) is 2.66. The molecule has 0 atom stereocenters. The number of nitrogens with zero attached hydrogens (tertiary/aromatic N) is 2. The van der Waals surface area contributed by atoms with Crippen LogP contribution in [0.4, 0.5) is 10.8 Å². The molecule has 0 aliphatic heterocycles. The molecule has 7 nitrogen and oxygen atoms in total. The van der Waals surface area contributed by atoms with Gasteiger partial charge in [0.2, 0.25) is 0 Å². The van der Waals surface area contributed by atoms with E-state index in [-0.39, 0.29) is 17.3 Å². The fourth-order valence-corrected chi connectivity index (χ4v) is 3.73. The topological polar surface area (TPSA) is 106 Å². The minimum absolute atomic E-state index is 0.00198. The highest BCUT2D eigenvalue weighted by Gasteiger charge is 2.24. The van der Waals surface area contributed by atoms with E-state index in [1.807, 2.05) is 0 Å². The summed E-state index contributed by atoms with van der Waals surface area (Å²) in [7, 11) is -1.90. The Morgan fingerprint density at radius 3 is 2.67 bits per heavy atom. The zero-order valence-electron chi connectivity index (χ0n) is 10.3. The van der Waals surface area contributed by atoms with Crippen molar-refractivity contribution in [3.8, 4) is 0 Å². The maximum absolute atomic E-state index is 11.7. The fourth-order valence-electron chi connectivity index (χ4n) is 1.47. The van der Waals surface area contributed by atoms with Gasteiger partial charge in [0, 0.05) is 26.5 Å². The van der Waals surface area contributed by atoms with Gasteiger partial charge in [0.1, 0.15) is 9.90 Å². The largest absolute Gasteiger partial charge is 0.395 e. The normalized spacial score (nSPS) is 11.7. The van der Waals surface area contributed by atoms with E-state index in [9.17, 15) is 8.42 Å². The summed E-state index contributed by atoms with van der Waals surface area (Å²) in [6.07, 6.45) is 1.09. The molecule has 0 unspecified atom stereocenters. The summed E-state index contributed by atoms with van der Waals surface area (Å²) in [5.41, 5.74) is 5.59. The molecule has 0 spiro atoms. The lowest BCUT2D eigenvalue weighted by atomic mass is 10.4. The predicted octanol–water partition coefficient (Wildman–Crippen LogP) is -0.426. The third-order valence-corrected chi connectivity index (χ3v) is 4.45. The second kappa shape index (κ2) is 6.32. The van der Waals surface area contributed by atoms with Crippen molar-refractivity contribution in [3.05, 3.63) is 0 Å². The molecule has 1 heterocycles. The number of nitrogens with two attached hydrogens (primary N) is 1. The molecule has 1 rings (SSSR count). The van der Waals surface area contributed by atoms with Crippen LogP contribution in [0.3, 0.4) is 0 Å². The van der Waals surface area contributed by atoms with E-state index in [0.29, 0.717) is 24.7 Å². The summed E-state index contributed by atoms with van der Waals surface area (Å²) < 4.78 is 32.2. The van der Waals surface area contributed by atoms with Gasteiger partial charge in [-0.15, -0.1) is 0 Å². The smallest absolute Gasteiger partial charge is 0.182 e. The van der Waals surface area contributed by atoms with E-state index in [2.05, 4.69) is 4.37 Å². The first-order chi connectivity index (χ1) is 8.41. The number of methoxy groups -OCH3 is 1. The quantitative estimate of drug-likeness (QED) is 0.703. The van der Waals surface area contributed by atoms with E-state index in [1.54, 1.807) is 12.0 Å². The number of aliphatic hydroxyl groups is 1. The molecule has 1 aromatic heterocycles. The molecular weight excluding hydrogens is 278 g/mol. The lowest BCUT2D eigenvalue weighted by molar-refractivity contribution is 0.203. The van der Waals surface area contributed by atoms with Crippen LogP contribution in [-0.4, -0.2) is 57.6 Å². The molecule has 9 heteroatoms. The van der Waals surface area contributed by atoms with Crippen LogP contribution < -0.4 is 10.6 Å². The van der Waals surface area contributed by atoms with Gasteiger partial charge in [-0.2, -0.15) is 4.37 Å². The van der Waals surface area contributed by atoms with Crippen molar-refractivity contribution in [2.45, 2.75) is 4.90 Å². The van der Waals surface area contributed by atoms with Crippen LogP contribution in [0.25, 0.3) is 0 Å². The van der Waals surface area contributed by atoms with E-state index in [4.69, 9.17) is 15.6 Å². The lowest BCUT2D eigenvalue weighted by Gasteiger charge is -2.22. The van der Waals surface area contributed by atoms with Gasteiger partial charge >= 0.3 is 0 Å². The third kappa shape index (κ3) is 3.55. The van der Waals surface area contributed by atoms with Gasteiger partial charge in [0.25, 0.3) is 0 Å². The van der Waals surface area contributed by atoms with Crippen LogP contribution in [0, 0.1) is 0 Å². The molecule has 0 bridgehead atoms. The van der Waals surface area contributed by atoms with Crippen LogP contribution in [0.2, 0.25) is 0 Å². The molecule has 0 radical (unpaired) electrons. The van der Waals surface area contributed by atoms with Gasteiger partial charge in [-0.05, 0) is 11.5 Å². The molecule has 104 valence electrons. The van der Waals surface area contributed by atoms with Crippen LogP contribution in [0.1, 0.15) is 0 Å². The fraction of sp³-hybridized carbons (Fsp3) is 0.667. The maximum Gasteiger partial charge on any atom is 0.182 e. The molecule has 1 aromatic rings. The second-order valence-electron chi connectivity index (χ2n) is 3.68. The van der Waals surface area contributed by atoms with Crippen molar-refractivity contribution >= 4 is 32.2 Å². The van der Waals surface area contributed by atoms with Gasteiger partial charge in [0.05, 0.1) is 13.2 Å². The molecule has 0 aromatic carbocycles. The first-order valence-electron chi connectivity index (χ1n) is 5.21. The average molecular weight is 295 g/mol. The summed E-state index contributed by atoms with van der Waals surface area (Å²) in [6, 6.07) is 0. The Hall–Kier alpha value is -0.900. The second-order valence-corrected chi connectivity index (χ2v) is 6.38. The summed E-state index contributed by atoms with van der Waals surface area (Å²) >= 11 is 1.01. The predicted molar refractivity (Wildman–Crippen MR) is 70.8 cm³/mol. The molecule has 0 amide bonds. The SMILES string of the molecule is COCCN(CCO)c1snc(N)c1S(C)(=O)=O. The van der Waals surface area contributed by atoms with Crippen LogP contribution in [0.5, 0.6) is 0 Å². The first-order valence-corrected chi connectivity index (χ1v) is 7.88. The first kappa shape index (κ1) is 15.2. The molecular formula is C9H17N3O4S2. The van der Waals surface area contributed by atoms with E-state index >= 15 is 0 Å². The molecule has 0 saturated heterocycles. The molecule has 0 saturated carbocycles. The van der Waals surface area contributed by atoms with Crippen LogP contribution >= 0.6 is 11.5 Å². The van der Waals surface area contributed by atoms with Crippen molar-refractivity contribution in [2.24, 2.45) is 0 Å². The van der Waals surface area contributed by atoms with Gasteiger partial charge in [0.15, 0.2) is 15.7 Å². The van der Waals surface area contributed by atoms with E-state index in [1.165, 1.54) is 0 Å². The number of ether oxygens (including phenoxy) is 1. The zero-order valence-corrected chi connectivity index (χ0v) is 11.9.